The number of aromatic nitrogens is 2. The van der Waals surface area contributed by atoms with Crippen LogP contribution in [-0.2, 0) is 6.42 Å². The summed E-state index contributed by atoms with van der Waals surface area (Å²) in [5, 5.41) is 14.1. The number of nitrogens with one attached hydrogen (secondary N) is 1. The van der Waals surface area contributed by atoms with E-state index in [0.717, 1.165) is 46.0 Å². The minimum absolute atomic E-state index is 0.708. The Labute approximate surface area is 133 Å². The monoisotopic (exact) mass is 353 g/mol. The highest BCUT2D eigenvalue weighted by Crippen LogP contribution is 2.26. The van der Waals surface area contributed by atoms with Crippen molar-refractivity contribution in [3.05, 3.63) is 33.7 Å². The van der Waals surface area contributed by atoms with Crippen molar-refractivity contribution < 1.29 is 0 Å². The highest BCUT2D eigenvalue weighted by atomic mass is 79.9. The molecule has 0 spiro atoms. The van der Waals surface area contributed by atoms with Crippen molar-refractivity contribution in [2.24, 2.45) is 5.92 Å². The zero-order valence-corrected chi connectivity index (χ0v) is 14.3. The molecule has 0 unspecified atom stereocenters. The summed E-state index contributed by atoms with van der Waals surface area (Å²) in [5.41, 5.74) is 1.13. The zero-order chi connectivity index (χ0) is 14.4. The van der Waals surface area contributed by atoms with Crippen LogP contribution in [0.5, 0.6) is 0 Å². The van der Waals surface area contributed by atoms with Gasteiger partial charge < -0.3 is 5.32 Å². The summed E-state index contributed by atoms with van der Waals surface area (Å²) in [6.45, 7) is 6.58. The number of nitrogens with zero attached hydrogens (tertiary/aromatic N) is 2. The van der Waals surface area contributed by atoms with Gasteiger partial charge in [0.25, 0.3) is 0 Å². The highest BCUT2D eigenvalue weighted by molar-refractivity contribution is 9.10. The average molecular weight is 354 g/mol. The molecular weight excluding hydrogens is 334 g/mol. The fourth-order valence-corrected chi connectivity index (χ4v) is 3.13. The average Bonchev–Trinajstić information content (AvgIpc) is 2.87. The van der Waals surface area contributed by atoms with E-state index in [2.05, 4.69) is 57.4 Å². The molecule has 108 valence electrons. The quantitative estimate of drug-likeness (QED) is 0.759. The summed E-state index contributed by atoms with van der Waals surface area (Å²) in [7, 11) is 0. The van der Waals surface area contributed by atoms with Crippen molar-refractivity contribution in [2.75, 3.05) is 13.1 Å². The van der Waals surface area contributed by atoms with Gasteiger partial charge in [0.1, 0.15) is 10.0 Å². The van der Waals surface area contributed by atoms with Crippen molar-refractivity contribution in [3.8, 4) is 10.6 Å². The first-order chi connectivity index (χ1) is 9.65. The largest absolute Gasteiger partial charge is 0.316 e. The second-order valence-electron chi connectivity index (χ2n) is 5.21. The normalized spacial score (nSPS) is 11.2. The molecule has 1 heterocycles. The predicted molar refractivity (Wildman–Crippen MR) is 89.1 cm³/mol. The summed E-state index contributed by atoms with van der Waals surface area (Å²) < 4.78 is 1.07. The first kappa shape index (κ1) is 15.6. The zero-order valence-electron chi connectivity index (χ0n) is 11.9. The van der Waals surface area contributed by atoms with Gasteiger partial charge in [-0.1, -0.05) is 53.2 Å². The van der Waals surface area contributed by atoms with Crippen molar-refractivity contribution in [2.45, 2.75) is 26.7 Å². The molecule has 0 aliphatic rings. The Morgan fingerprint density at radius 3 is 2.90 bits per heavy atom. The Hall–Kier alpha value is -0.780. The molecule has 0 fully saturated rings. The SMILES string of the molecule is CC(C)CNCCCc1nnc(-c2cccc(Br)c2)s1. The van der Waals surface area contributed by atoms with E-state index in [9.17, 15) is 0 Å². The second-order valence-corrected chi connectivity index (χ2v) is 7.19. The number of hydrogen-bond donors (Lipinski definition) is 1. The maximum absolute atomic E-state index is 4.28. The Morgan fingerprint density at radius 2 is 2.15 bits per heavy atom. The second kappa shape index (κ2) is 7.86. The smallest absolute Gasteiger partial charge is 0.147 e. The third kappa shape index (κ3) is 4.96. The fraction of sp³-hybridized carbons (Fsp3) is 0.467. The van der Waals surface area contributed by atoms with Crippen LogP contribution in [-0.4, -0.2) is 23.3 Å². The third-order valence-corrected chi connectivity index (χ3v) is 4.36. The lowest BCUT2D eigenvalue weighted by Gasteiger charge is -2.05. The fourth-order valence-electron chi connectivity index (χ4n) is 1.85. The van der Waals surface area contributed by atoms with Crippen LogP contribution >= 0.6 is 27.3 Å². The molecule has 2 rings (SSSR count). The number of benzene rings is 1. The predicted octanol–water partition coefficient (Wildman–Crippen LogP) is 4.15. The van der Waals surface area contributed by atoms with Crippen LogP contribution in [0.2, 0.25) is 0 Å². The molecule has 5 heteroatoms. The van der Waals surface area contributed by atoms with Crippen LogP contribution in [0.15, 0.2) is 28.7 Å². The maximum atomic E-state index is 4.28. The van der Waals surface area contributed by atoms with E-state index >= 15 is 0 Å². The van der Waals surface area contributed by atoms with Gasteiger partial charge in [0.2, 0.25) is 0 Å². The van der Waals surface area contributed by atoms with E-state index in [4.69, 9.17) is 0 Å². The summed E-state index contributed by atoms with van der Waals surface area (Å²) in [5.74, 6) is 0.708. The maximum Gasteiger partial charge on any atom is 0.147 e. The topological polar surface area (TPSA) is 37.8 Å². The van der Waals surface area contributed by atoms with Gasteiger partial charge in [-0.3, -0.25) is 0 Å². The molecule has 2 aromatic rings. The lowest BCUT2D eigenvalue weighted by atomic mass is 10.2. The molecule has 0 aliphatic heterocycles. The van der Waals surface area contributed by atoms with E-state index in [1.54, 1.807) is 11.3 Å². The molecule has 1 aromatic heterocycles. The van der Waals surface area contributed by atoms with Crippen molar-refractivity contribution in [1.82, 2.24) is 15.5 Å². The summed E-state index contributed by atoms with van der Waals surface area (Å²) in [6, 6.07) is 8.19. The number of rotatable bonds is 7. The van der Waals surface area contributed by atoms with Gasteiger partial charge in [-0.2, -0.15) is 0 Å². The van der Waals surface area contributed by atoms with Gasteiger partial charge in [0, 0.05) is 16.5 Å². The van der Waals surface area contributed by atoms with Gasteiger partial charge in [-0.05, 0) is 37.6 Å². The Bertz CT molecular complexity index is 539. The molecule has 20 heavy (non-hydrogen) atoms. The van der Waals surface area contributed by atoms with Crippen LogP contribution in [0.1, 0.15) is 25.3 Å². The van der Waals surface area contributed by atoms with E-state index in [-0.39, 0.29) is 0 Å². The minimum Gasteiger partial charge on any atom is -0.316 e. The molecule has 0 atom stereocenters. The van der Waals surface area contributed by atoms with Crippen molar-refractivity contribution in [1.29, 1.82) is 0 Å². The van der Waals surface area contributed by atoms with Crippen LogP contribution in [0.25, 0.3) is 10.6 Å². The first-order valence-electron chi connectivity index (χ1n) is 6.94. The van der Waals surface area contributed by atoms with E-state index in [0.29, 0.717) is 5.92 Å². The van der Waals surface area contributed by atoms with Crippen LogP contribution in [0.3, 0.4) is 0 Å². The molecule has 3 nitrogen and oxygen atoms in total. The van der Waals surface area contributed by atoms with Gasteiger partial charge >= 0.3 is 0 Å². The molecular formula is C15H20BrN3S. The van der Waals surface area contributed by atoms with Crippen LogP contribution in [0.4, 0.5) is 0 Å². The molecule has 0 saturated carbocycles. The van der Waals surface area contributed by atoms with Gasteiger partial charge in [0.05, 0.1) is 0 Å². The van der Waals surface area contributed by atoms with Gasteiger partial charge in [-0.15, -0.1) is 10.2 Å². The third-order valence-electron chi connectivity index (χ3n) is 2.84. The summed E-state index contributed by atoms with van der Waals surface area (Å²) in [6.07, 6.45) is 2.11. The van der Waals surface area contributed by atoms with Gasteiger partial charge in [-0.25, -0.2) is 0 Å². The molecule has 0 saturated heterocycles. The Morgan fingerprint density at radius 1 is 1.30 bits per heavy atom. The van der Waals surface area contributed by atoms with E-state index < -0.39 is 0 Å². The standard InChI is InChI=1S/C15H20BrN3S/c1-11(2)10-17-8-4-7-14-18-19-15(20-14)12-5-3-6-13(16)9-12/h3,5-6,9,11,17H,4,7-8,10H2,1-2H3. The summed E-state index contributed by atoms with van der Waals surface area (Å²) >= 11 is 5.17. The molecule has 0 bridgehead atoms. The molecule has 1 N–H and O–H groups in total. The minimum atomic E-state index is 0.708. The van der Waals surface area contributed by atoms with E-state index in [1.165, 1.54) is 0 Å². The molecule has 1 aromatic carbocycles. The Balaban J connectivity index is 1.83. The van der Waals surface area contributed by atoms with E-state index in [1.807, 2.05) is 12.1 Å². The number of hydrogen-bond acceptors (Lipinski definition) is 4. The lowest BCUT2D eigenvalue weighted by Crippen LogP contribution is -2.21. The van der Waals surface area contributed by atoms with Crippen LogP contribution < -0.4 is 5.32 Å². The molecule has 0 amide bonds. The van der Waals surface area contributed by atoms with Crippen molar-refractivity contribution in [3.63, 3.8) is 0 Å². The summed E-state index contributed by atoms with van der Waals surface area (Å²) in [4.78, 5) is 0. The van der Waals surface area contributed by atoms with Crippen molar-refractivity contribution >= 4 is 27.3 Å². The van der Waals surface area contributed by atoms with Gasteiger partial charge in [0.15, 0.2) is 0 Å². The molecule has 0 radical (unpaired) electrons. The lowest BCUT2D eigenvalue weighted by molar-refractivity contribution is 0.542. The number of halogens is 1. The molecule has 0 aliphatic carbocycles. The van der Waals surface area contributed by atoms with Crippen LogP contribution in [0, 0.1) is 5.92 Å². The number of aryl methyl sites for hydroxylation is 1. The Kier molecular flexibility index (Phi) is 6.13. The first-order valence-corrected chi connectivity index (χ1v) is 8.55. The highest BCUT2D eigenvalue weighted by Gasteiger charge is 2.06.